The van der Waals surface area contributed by atoms with Gasteiger partial charge in [0.1, 0.15) is 12.2 Å². The summed E-state index contributed by atoms with van der Waals surface area (Å²) in [5.41, 5.74) is -0.382. The van der Waals surface area contributed by atoms with E-state index in [9.17, 15) is 9.59 Å². The second-order valence-corrected chi connectivity index (χ2v) is 6.65. The average molecular weight is 282 g/mol. The monoisotopic (exact) mass is 282 g/mol. The minimum atomic E-state index is -0.382. The summed E-state index contributed by atoms with van der Waals surface area (Å²) >= 11 is 0. The van der Waals surface area contributed by atoms with Gasteiger partial charge in [-0.05, 0) is 32.1 Å². The standard InChI is InChI=1S/C15H22O5/c1-9-6-15(2)7-11(13(16)20-15)12(9)14(17)19-8-10-4-3-5-18-10/h9-12H,3-8H2,1-2H3/t9-,10+,11-,12-,15+/m1/s1. The van der Waals surface area contributed by atoms with Crippen LogP contribution in [0.2, 0.25) is 0 Å². The van der Waals surface area contributed by atoms with Gasteiger partial charge >= 0.3 is 11.9 Å². The molecule has 2 saturated heterocycles. The number of rotatable bonds is 3. The molecule has 0 amide bonds. The van der Waals surface area contributed by atoms with Gasteiger partial charge in [0.25, 0.3) is 0 Å². The molecule has 0 spiro atoms. The van der Waals surface area contributed by atoms with E-state index < -0.39 is 0 Å². The Labute approximate surface area is 118 Å². The molecule has 0 aromatic carbocycles. The first kappa shape index (κ1) is 13.9. The fraction of sp³-hybridized carbons (Fsp3) is 0.867. The van der Waals surface area contributed by atoms with Crippen molar-refractivity contribution in [1.29, 1.82) is 0 Å². The summed E-state index contributed by atoms with van der Waals surface area (Å²) < 4.78 is 16.3. The van der Waals surface area contributed by atoms with Gasteiger partial charge in [0.15, 0.2) is 0 Å². The lowest BCUT2D eigenvalue weighted by Gasteiger charge is -2.34. The molecule has 2 bridgehead atoms. The van der Waals surface area contributed by atoms with E-state index in [4.69, 9.17) is 14.2 Å². The van der Waals surface area contributed by atoms with E-state index in [1.54, 1.807) is 0 Å². The van der Waals surface area contributed by atoms with E-state index in [1.807, 2.05) is 13.8 Å². The normalized spacial score (nSPS) is 43.4. The summed E-state index contributed by atoms with van der Waals surface area (Å²) in [6, 6.07) is 0. The van der Waals surface area contributed by atoms with Crippen LogP contribution >= 0.6 is 0 Å². The van der Waals surface area contributed by atoms with Gasteiger partial charge in [0.05, 0.1) is 17.9 Å². The van der Waals surface area contributed by atoms with E-state index in [2.05, 4.69) is 0 Å². The smallest absolute Gasteiger partial charge is 0.310 e. The van der Waals surface area contributed by atoms with Crippen molar-refractivity contribution in [3.63, 3.8) is 0 Å². The van der Waals surface area contributed by atoms with Crippen molar-refractivity contribution in [2.24, 2.45) is 17.8 Å². The minimum Gasteiger partial charge on any atom is -0.463 e. The van der Waals surface area contributed by atoms with Gasteiger partial charge in [-0.2, -0.15) is 0 Å². The zero-order chi connectivity index (χ0) is 14.3. The minimum absolute atomic E-state index is 0.0265. The predicted molar refractivity (Wildman–Crippen MR) is 69.8 cm³/mol. The number of fused-ring (bicyclic) bond motifs is 2. The van der Waals surface area contributed by atoms with E-state index in [0.29, 0.717) is 13.0 Å². The molecule has 5 atom stereocenters. The van der Waals surface area contributed by atoms with Gasteiger partial charge in [-0.1, -0.05) is 6.92 Å². The van der Waals surface area contributed by atoms with Crippen molar-refractivity contribution < 1.29 is 23.8 Å². The molecule has 3 rings (SSSR count). The lowest BCUT2D eigenvalue weighted by atomic mass is 9.69. The largest absolute Gasteiger partial charge is 0.463 e. The molecule has 5 heteroatoms. The molecular weight excluding hydrogens is 260 g/mol. The third-order valence-electron chi connectivity index (χ3n) is 4.81. The number of hydrogen-bond acceptors (Lipinski definition) is 5. The number of carbonyl (C=O) groups excluding carboxylic acids is 2. The van der Waals surface area contributed by atoms with Gasteiger partial charge in [-0.3, -0.25) is 9.59 Å². The first-order chi connectivity index (χ1) is 9.48. The second-order valence-electron chi connectivity index (χ2n) is 6.65. The van der Waals surface area contributed by atoms with Crippen LogP contribution in [0.25, 0.3) is 0 Å². The molecule has 3 fully saturated rings. The van der Waals surface area contributed by atoms with Gasteiger partial charge in [-0.25, -0.2) is 0 Å². The fourth-order valence-electron chi connectivity index (χ4n) is 3.96. The van der Waals surface area contributed by atoms with Crippen molar-refractivity contribution >= 4 is 11.9 Å². The van der Waals surface area contributed by atoms with Crippen LogP contribution in [0.1, 0.15) is 39.5 Å². The van der Waals surface area contributed by atoms with E-state index >= 15 is 0 Å². The van der Waals surface area contributed by atoms with Crippen LogP contribution in [0.15, 0.2) is 0 Å². The summed E-state index contributed by atoms with van der Waals surface area (Å²) in [4.78, 5) is 24.2. The molecular formula is C15H22O5. The highest BCUT2D eigenvalue weighted by molar-refractivity contribution is 5.84. The van der Waals surface area contributed by atoms with Crippen LogP contribution in [-0.2, 0) is 23.8 Å². The number of esters is 2. The first-order valence-electron chi connectivity index (χ1n) is 7.50. The van der Waals surface area contributed by atoms with Crippen molar-refractivity contribution in [2.75, 3.05) is 13.2 Å². The molecule has 0 aromatic heterocycles. The maximum Gasteiger partial charge on any atom is 0.310 e. The highest BCUT2D eigenvalue weighted by atomic mass is 16.6. The summed E-state index contributed by atoms with van der Waals surface area (Å²) in [6.07, 6.45) is 3.36. The Kier molecular flexibility index (Phi) is 3.48. The Hall–Kier alpha value is -1.10. The third-order valence-corrected chi connectivity index (χ3v) is 4.81. The number of ether oxygens (including phenoxy) is 3. The Morgan fingerprint density at radius 2 is 2.25 bits per heavy atom. The van der Waals surface area contributed by atoms with Crippen LogP contribution in [0.4, 0.5) is 0 Å². The number of carbonyl (C=O) groups is 2. The van der Waals surface area contributed by atoms with Gasteiger partial charge < -0.3 is 14.2 Å². The molecule has 0 unspecified atom stereocenters. The van der Waals surface area contributed by atoms with Crippen LogP contribution in [0, 0.1) is 17.8 Å². The maximum atomic E-state index is 12.3. The molecule has 1 aliphatic carbocycles. The van der Waals surface area contributed by atoms with Crippen molar-refractivity contribution in [3.05, 3.63) is 0 Å². The molecule has 3 aliphatic rings. The summed E-state index contributed by atoms with van der Waals surface area (Å²) in [7, 11) is 0. The van der Waals surface area contributed by atoms with E-state index in [0.717, 1.165) is 25.9 Å². The van der Waals surface area contributed by atoms with Crippen LogP contribution in [0.3, 0.4) is 0 Å². The van der Waals surface area contributed by atoms with Crippen molar-refractivity contribution in [3.8, 4) is 0 Å². The summed E-state index contributed by atoms with van der Waals surface area (Å²) in [5, 5.41) is 0. The van der Waals surface area contributed by atoms with Crippen molar-refractivity contribution in [2.45, 2.75) is 51.2 Å². The molecule has 0 N–H and O–H groups in total. The van der Waals surface area contributed by atoms with Crippen LogP contribution in [-0.4, -0.2) is 36.9 Å². The lowest BCUT2D eigenvalue weighted by molar-refractivity contribution is -0.159. The fourth-order valence-corrected chi connectivity index (χ4v) is 3.96. The molecule has 0 aromatic rings. The molecule has 0 radical (unpaired) electrons. The van der Waals surface area contributed by atoms with Gasteiger partial charge in [0, 0.05) is 13.0 Å². The van der Waals surface area contributed by atoms with Crippen LogP contribution < -0.4 is 0 Å². The SMILES string of the molecule is C[C@@H]1C[C@@]2(C)C[C@@H](C(=O)O2)[C@@H]1C(=O)OC[C@@H]1CCCO1. The molecule has 1 saturated carbocycles. The predicted octanol–water partition coefficient (Wildman–Crippen LogP) is 1.69. The molecule has 20 heavy (non-hydrogen) atoms. The van der Waals surface area contributed by atoms with Crippen molar-refractivity contribution in [1.82, 2.24) is 0 Å². The topological polar surface area (TPSA) is 61.8 Å². The maximum absolute atomic E-state index is 12.3. The Bertz CT molecular complexity index is 414. The summed E-state index contributed by atoms with van der Waals surface area (Å²) in [5.74, 6) is -1.09. The molecule has 112 valence electrons. The molecule has 2 aliphatic heterocycles. The lowest BCUT2D eigenvalue weighted by Crippen LogP contribution is -2.41. The zero-order valence-electron chi connectivity index (χ0n) is 12.1. The van der Waals surface area contributed by atoms with E-state index in [1.165, 1.54) is 0 Å². The van der Waals surface area contributed by atoms with Gasteiger partial charge in [0.2, 0.25) is 0 Å². The first-order valence-corrected chi connectivity index (χ1v) is 7.50. The van der Waals surface area contributed by atoms with Gasteiger partial charge in [-0.15, -0.1) is 0 Å². The van der Waals surface area contributed by atoms with Crippen LogP contribution in [0.5, 0.6) is 0 Å². The Morgan fingerprint density at radius 1 is 1.45 bits per heavy atom. The highest BCUT2D eigenvalue weighted by Gasteiger charge is 2.56. The Morgan fingerprint density at radius 3 is 2.95 bits per heavy atom. The van der Waals surface area contributed by atoms with E-state index in [-0.39, 0.29) is 41.4 Å². The summed E-state index contributed by atoms with van der Waals surface area (Å²) in [6.45, 7) is 5.01. The molecule has 5 nitrogen and oxygen atoms in total. The second kappa shape index (κ2) is 5.02. The Balaban J connectivity index is 1.63. The highest BCUT2D eigenvalue weighted by Crippen LogP contribution is 2.48. The molecule has 2 heterocycles. The average Bonchev–Trinajstić information content (AvgIpc) is 2.94. The zero-order valence-corrected chi connectivity index (χ0v) is 12.1. The quantitative estimate of drug-likeness (QED) is 0.737. The number of hydrogen-bond donors (Lipinski definition) is 0. The third kappa shape index (κ3) is 2.43.